The zero-order valence-corrected chi connectivity index (χ0v) is 18.0. The summed E-state index contributed by atoms with van der Waals surface area (Å²) in [5, 5.41) is 0. The first-order valence-electron chi connectivity index (χ1n) is 9.69. The molecule has 3 nitrogen and oxygen atoms in total. The Labute approximate surface area is 177 Å². The summed E-state index contributed by atoms with van der Waals surface area (Å²) in [4.78, 5) is 14.6. The SMILES string of the molecule is C#Cc1cc(C(=O)Cc2ccc(CN3CCN(P)CC3)c(C(F)(F)F)c2)ccc1C. The summed E-state index contributed by atoms with van der Waals surface area (Å²) in [6.45, 7) is 5.11. The molecular weight excluding hydrogens is 408 g/mol. The molecule has 0 N–H and O–H groups in total. The molecule has 1 aliphatic rings. The molecule has 0 saturated carbocycles. The molecule has 0 bridgehead atoms. The largest absolute Gasteiger partial charge is 0.416 e. The van der Waals surface area contributed by atoms with E-state index in [-0.39, 0.29) is 24.3 Å². The van der Waals surface area contributed by atoms with Gasteiger partial charge in [0.05, 0.1) is 5.56 Å². The minimum atomic E-state index is -4.47. The number of alkyl halides is 3. The molecule has 1 saturated heterocycles. The molecule has 0 spiro atoms. The summed E-state index contributed by atoms with van der Waals surface area (Å²) in [7, 11) is 2.62. The maximum absolute atomic E-state index is 13.7. The number of hydrogen-bond acceptors (Lipinski definition) is 3. The number of nitrogens with zero attached hydrogens (tertiary/aromatic N) is 2. The van der Waals surface area contributed by atoms with E-state index in [9.17, 15) is 18.0 Å². The monoisotopic (exact) mass is 432 g/mol. The number of benzene rings is 2. The lowest BCUT2D eigenvalue weighted by Crippen LogP contribution is -2.41. The van der Waals surface area contributed by atoms with Crippen LogP contribution in [0.4, 0.5) is 13.2 Å². The second-order valence-electron chi connectivity index (χ2n) is 7.58. The number of halogens is 3. The van der Waals surface area contributed by atoms with Gasteiger partial charge in [-0.2, -0.15) is 13.2 Å². The second kappa shape index (κ2) is 9.31. The van der Waals surface area contributed by atoms with Crippen molar-refractivity contribution in [3.05, 3.63) is 69.8 Å². The number of carbonyl (C=O) groups excluding carboxylic acids is 1. The van der Waals surface area contributed by atoms with E-state index < -0.39 is 11.7 Å². The van der Waals surface area contributed by atoms with Crippen molar-refractivity contribution in [2.24, 2.45) is 0 Å². The lowest BCUT2D eigenvalue weighted by atomic mass is 9.96. The topological polar surface area (TPSA) is 23.6 Å². The average Bonchev–Trinajstić information content (AvgIpc) is 2.70. The van der Waals surface area contributed by atoms with E-state index >= 15 is 0 Å². The summed E-state index contributed by atoms with van der Waals surface area (Å²) in [6.07, 6.45) is 0.863. The van der Waals surface area contributed by atoms with Crippen molar-refractivity contribution in [1.82, 2.24) is 9.57 Å². The van der Waals surface area contributed by atoms with Gasteiger partial charge in [0, 0.05) is 50.3 Å². The molecular formula is C23H24F3N2OP. The van der Waals surface area contributed by atoms with Gasteiger partial charge in [-0.25, -0.2) is 0 Å². The van der Waals surface area contributed by atoms with Gasteiger partial charge in [-0.3, -0.25) is 14.4 Å². The molecule has 0 amide bonds. The Kier molecular flexibility index (Phi) is 6.98. The van der Waals surface area contributed by atoms with Crippen LogP contribution in [0.1, 0.15) is 38.2 Å². The summed E-state index contributed by atoms with van der Waals surface area (Å²) in [5.74, 6) is 2.26. The van der Waals surface area contributed by atoms with Crippen LogP contribution in [0.5, 0.6) is 0 Å². The molecule has 1 atom stereocenters. The molecule has 2 aromatic rings. The fourth-order valence-corrected chi connectivity index (χ4v) is 3.77. The molecule has 3 rings (SSSR count). The van der Waals surface area contributed by atoms with Crippen LogP contribution in [0.3, 0.4) is 0 Å². The third kappa shape index (κ3) is 5.49. The molecule has 30 heavy (non-hydrogen) atoms. The van der Waals surface area contributed by atoms with Crippen molar-refractivity contribution in [3.63, 3.8) is 0 Å². The van der Waals surface area contributed by atoms with Gasteiger partial charge in [-0.15, -0.1) is 6.42 Å². The van der Waals surface area contributed by atoms with Crippen LogP contribution in [0.2, 0.25) is 0 Å². The minimum absolute atomic E-state index is 0.109. The van der Waals surface area contributed by atoms with Gasteiger partial charge in [0.15, 0.2) is 5.78 Å². The molecule has 2 aromatic carbocycles. The Morgan fingerprint density at radius 2 is 1.83 bits per heavy atom. The molecule has 7 heteroatoms. The second-order valence-corrected chi connectivity index (χ2v) is 8.31. The molecule has 1 fully saturated rings. The molecule has 1 aliphatic heterocycles. The number of terminal acetylenes is 1. The molecule has 1 unspecified atom stereocenters. The summed E-state index contributed by atoms with van der Waals surface area (Å²) in [5.41, 5.74) is 1.79. The Balaban J connectivity index is 1.81. The zero-order valence-electron chi connectivity index (χ0n) is 16.8. The lowest BCUT2D eigenvalue weighted by Gasteiger charge is -2.32. The average molecular weight is 432 g/mol. The van der Waals surface area contributed by atoms with E-state index in [4.69, 9.17) is 6.42 Å². The Bertz CT molecular complexity index is 973. The van der Waals surface area contributed by atoms with Gasteiger partial charge in [0.2, 0.25) is 0 Å². The Hall–Kier alpha value is -2.19. The van der Waals surface area contributed by atoms with E-state index in [1.54, 1.807) is 24.3 Å². The van der Waals surface area contributed by atoms with Gasteiger partial charge in [0.1, 0.15) is 0 Å². The standard InChI is InChI=1S/C23H24F3N2OP/c1-3-18-14-19(6-4-16(18)2)22(29)13-17-5-7-20(21(12-17)23(24,25)26)15-27-8-10-28(30)11-9-27/h1,4-7,12,14H,8-11,13,15,30H2,2H3. The van der Waals surface area contributed by atoms with Crippen molar-refractivity contribution < 1.29 is 18.0 Å². The summed E-state index contributed by atoms with van der Waals surface area (Å²) in [6, 6.07) is 9.24. The van der Waals surface area contributed by atoms with Crippen LogP contribution in [0.15, 0.2) is 36.4 Å². The molecule has 0 radical (unpaired) electrons. The third-order valence-corrected chi connectivity index (χ3v) is 5.88. The lowest BCUT2D eigenvalue weighted by molar-refractivity contribution is -0.138. The highest BCUT2D eigenvalue weighted by Crippen LogP contribution is 2.34. The normalized spacial score (nSPS) is 15.7. The van der Waals surface area contributed by atoms with Crippen molar-refractivity contribution in [1.29, 1.82) is 0 Å². The fourth-order valence-electron chi connectivity index (χ4n) is 3.54. The number of aryl methyl sites for hydroxylation is 1. The van der Waals surface area contributed by atoms with Gasteiger partial charge in [-0.05, 0) is 35.7 Å². The third-order valence-electron chi connectivity index (χ3n) is 5.36. The first-order valence-corrected chi connectivity index (χ1v) is 10.2. The highest BCUT2D eigenvalue weighted by atomic mass is 31.0. The molecule has 1 heterocycles. The van der Waals surface area contributed by atoms with Crippen molar-refractivity contribution in [2.75, 3.05) is 26.2 Å². The number of rotatable bonds is 5. The van der Waals surface area contributed by atoms with Crippen LogP contribution < -0.4 is 0 Å². The van der Waals surface area contributed by atoms with Gasteiger partial charge < -0.3 is 0 Å². The Morgan fingerprint density at radius 3 is 2.47 bits per heavy atom. The quantitative estimate of drug-likeness (QED) is 0.399. The molecule has 0 aromatic heterocycles. The predicted octanol–water partition coefficient (Wildman–Crippen LogP) is 4.33. The van der Waals surface area contributed by atoms with Crippen LogP contribution >= 0.6 is 9.39 Å². The molecule has 158 valence electrons. The van der Waals surface area contributed by atoms with Gasteiger partial charge in [0.25, 0.3) is 0 Å². The van der Waals surface area contributed by atoms with Crippen LogP contribution in [-0.4, -0.2) is 41.5 Å². The van der Waals surface area contributed by atoms with Crippen LogP contribution in [0, 0.1) is 19.3 Å². The number of carbonyl (C=O) groups is 1. The van der Waals surface area contributed by atoms with Crippen LogP contribution in [0.25, 0.3) is 0 Å². The number of hydrogen-bond donors (Lipinski definition) is 0. The highest BCUT2D eigenvalue weighted by molar-refractivity contribution is 7.13. The van der Waals surface area contributed by atoms with Crippen molar-refractivity contribution in [2.45, 2.75) is 26.1 Å². The summed E-state index contributed by atoms with van der Waals surface area (Å²) < 4.78 is 43.2. The van der Waals surface area contributed by atoms with Gasteiger partial charge in [-0.1, -0.05) is 39.6 Å². The number of Topliss-reactive ketones (excluding diaryl/α,β-unsaturated/α-hetero) is 1. The summed E-state index contributed by atoms with van der Waals surface area (Å²) >= 11 is 0. The number of ketones is 1. The predicted molar refractivity (Wildman–Crippen MR) is 115 cm³/mol. The minimum Gasteiger partial charge on any atom is -0.297 e. The smallest absolute Gasteiger partial charge is 0.297 e. The zero-order chi connectivity index (χ0) is 21.9. The Morgan fingerprint density at radius 1 is 1.13 bits per heavy atom. The maximum atomic E-state index is 13.7. The maximum Gasteiger partial charge on any atom is 0.416 e. The van der Waals surface area contributed by atoms with E-state index in [1.807, 2.05) is 11.8 Å². The van der Waals surface area contributed by atoms with E-state index in [1.165, 1.54) is 6.07 Å². The van der Waals surface area contributed by atoms with E-state index in [0.717, 1.165) is 24.7 Å². The van der Waals surface area contributed by atoms with E-state index in [0.29, 0.717) is 29.8 Å². The fraction of sp³-hybridized carbons (Fsp3) is 0.348. The van der Waals surface area contributed by atoms with Crippen molar-refractivity contribution >= 4 is 15.2 Å². The molecule has 0 aliphatic carbocycles. The van der Waals surface area contributed by atoms with E-state index in [2.05, 4.69) is 20.0 Å². The first kappa shape index (κ1) is 22.5. The van der Waals surface area contributed by atoms with Gasteiger partial charge >= 0.3 is 6.18 Å². The van der Waals surface area contributed by atoms with Crippen LogP contribution in [-0.2, 0) is 19.1 Å². The highest BCUT2D eigenvalue weighted by Gasteiger charge is 2.34. The van der Waals surface area contributed by atoms with Crippen molar-refractivity contribution in [3.8, 4) is 12.3 Å². The first-order chi connectivity index (χ1) is 14.2. The number of piperazine rings is 1.